The standard InChI is InChI=1S/C23H23F3N6OS/c1-14-11-15(2)29-21(28-14)31-20(27-13-16-5-4-6-19(12-16)33-3)32-22(34)30-18-9-7-17(8-10-18)23(24,25)26/h4-12H,13H2,1-3H3,(H3,27,28,29,30,31,32,34). The number of hydrogen-bond donors (Lipinski definition) is 3. The number of thiocarbonyl (C=S) groups is 1. The maximum absolute atomic E-state index is 12.8. The van der Waals surface area contributed by atoms with Crippen molar-refractivity contribution in [3.63, 3.8) is 0 Å². The molecule has 3 aromatic rings. The van der Waals surface area contributed by atoms with Gasteiger partial charge in [0.1, 0.15) is 5.75 Å². The zero-order chi connectivity index (χ0) is 24.7. The number of nitrogens with zero attached hydrogens (tertiary/aromatic N) is 3. The number of ether oxygens (including phenoxy) is 1. The Hall–Kier alpha value is -3.73. The summed E-state index contributed by atoms with van der Waals surface area (Å²) < 4.78 is 43.6. The van der Waals surface area contributed by atoms with Crippen molar-refractivity contribution in [1.82, 2.24) is 15.3 Å². The van der Waals surface area contributed by atoms with Crippen LogP contribution in [0.4, 0.5) is 24.8 Å². The van der Waals surface area contributed by atoms with Crippen LogP contribution in [0.5, 0.6) is 5.75 Å². The van der Waals surface area contributed by atoms with Crippen LogP contribution >= 0.6 is 12.2 Å². The zero-order valence-corrected chi connectivity index (χ0v) is 19.5. The first-order chi connectivity index (χ1) is 16.1. The Morgan fingerprint density at radius 1 is 1.00 bits per heavy atom. The minimum atomic E-state index is -4.41. The van der Waals surface area contributed by atoms with E-state index in [1.807, 2.05) is 44.2 Å². The summed E-state index contributed by atoms with van der Waals surface area (Å²) in [6.45, 7) is 3.98. The second-order valence-corrected chi connectivity index (χ2v) is 7.68. The number of aliphatic imine (C=N–C) groups is 1. The van der Waals surface area contributed by atoms with Crippen molar-refractivity contribution in [1.29, 1.82) is 0 Å². The number of methoxy groups -OCH3 is 1. The number of aryl methyl sites for hydroxylation is 2. The quantitative estimate of drug-likeness (QED) is 0.263. The number of aromatic nitrogens is 2. The van der Waals surface area contributed by atoms with Crippen LogP contribution in [-0.2, 0) is 12.7 Å². The highest BCUT2D eigenvalue weighted by Crippen LogP contribution is 2.29. The molecule has 34 heavy (non-hydrogen) atoms. The Morgan fingerprint density at radius 3 is 2.29 bits per heavy atom. The highest BCUT2D eigenvalue weighted by Gasteiger charge is 2.29. The first-order valence-corrected chi connectivity index (χ1v) is 10.5. The van der Waals surface area contributed by atoms with E-state index in [0.717, 1.165) is 29.1 Å². The lowest BCUT2D eigenvalue weighted by Gasteiger charge is -2.15. The molecule has 0 aliphatic rings. The van der Waals surface area contributed by atoms with Crippen LogP contribution in [0.1, 0.15) is 22.5 Å². The van der Waals surface area contributed by atoms with Gasteiger partial charge in [-0.25, -0.2) is 15.0 Å². The number of nitrogens with one attached hydrogen (secondary N) is 3. The van der Waals surface area contributed by atoms with Gasteiger partial charge in [-0.15, -0.1) is 0 Å². The fourth-order valence-corrected chi connectivity index (χ4v) is 3.17. The van der Waals surface area contributed by atoms with Crippen molar-refractivity contribution >= 4 is 34.9 Å². The van der Waals surface area contributed by atoms with Crippen molar-refractivity contribution in [3.8, 4) is 5.75 Å². The fourth-order valence-electron chi connectivity index (χ4n) is 2.95. The summed E-state index contributed by atoms with van der Waals surface area (Å²) in [5, 5.41) is 8.91. The van der Waals surface area contributed by atoms with Crippen LogP contribution < -0.4 is 20.7 Å². The van der Waals surface area contributed by atoms with Crippen LogP contribution in [0.2, 0.25) is 0 Å². The summed E-state index contributed by atoms with van der Waals surface area (Å²) >= 11 is 5.33. The van der Waals surface area contributed by atoms with Crippen molar-refractivity contribution in [2.45, 2.75) is 26.6 Å². The van der Waals surface area contributed by atoms with Gasteiger partial charge < -0.3 is 15.4 Å². The molecule has 0 fully saturated rings. The lowest BCUT2D eigenvalue weighted by Crippen LogP contribution is -2.39. The van der Waals surface area contributed by atoms with E-state index in [1.54, 1.807) is 7.11 Å². The predicted octanol–water partition coefficient (Wildman–Crippen LogP) is 5.08. The van der Waals surface area contributed by atoms with Crippen LogP contribution in [0.3, 0.4) is 0 Å². The zero-order valence-electron chi connectivity index (χ0n) is 18.7. The number of alkyl halides is 3. The summed E-state index contributed by atoms with van der Waals surface area (Å²) in [7, 11) is 1.58. The van der Waals surface area contributed by atoms with E-state index in [1.165, 1.54) is 12.1 Å². The highest BCUT2D eigenvalue weighted by molar-refractivity contribution is 7.80. The molecule has 11 heteroatoms. The minimum absolute atomic E-state index is 0.126. The van der Waals surface area contributed by atoms with Crippen LogP contribution in [-0.4, -0.2) is 28.1 Å². The maximum atomic E-state index is 12.8. The van der Waals surface area contributed by atoms with Gasteiger partial charge in [-0.1, -0.05) is 12.1 Å². The predicted molar refractivity (Wildman–Crippen MR) is 130 cm³/mol. The third kappa shape index (κ3) is 7.41. The maximum Gasteiger partial charge on any atom is 0.416 e. The third-order valence-corrected chi connectivity index (χ3v) is 4.67. The Bertz CT molecular complexity index is 1160. The van der Waals surface area contributed by atoms with Gasteiger partial charge in [0.15, 0.2) is 5.11 Å². The minimum Gasteiger partial charge on any atom is -0.497 e. The van der Waals surface area contributed by atoms with E-state index in [2.05, 4.69) is 30.9 Å². The Balaban J connectivity index is 1.77. The number of hydrogen-bond acceptors (Lipinski definition) is 5. The van der Waals surface area contributed by atoms with Gasteiger partial charge in [0.2, 0.25) is 11.9 Å². The van der Waals surface area contributed by atoms with Crippen molar-refractivity contribution in [2.75, 3.05) is 17.7 Å². The van der Waals surface area contributed by atoms with E-state index in [-0.39, 0.29) is 11.1 Å². The van der Waals surface area contributed by atoms with Crippen molar-refractivity contribution in [3.05, 3.63) is 77.1 Å². The van der Waals surface area contributed by atoms with E-state index >= 15 is 0 Å². The van der Waals surface area contributed by atoms with Gasteiger partial charge in [0.05, 0.1) is 19.2 Å². The molecule has 0 spiro atoms. The summed E-state index contributed by atoms with van der Waals surface area (Å²) in [4.78, 5) is 13.2. The van der Waals surface area contributed by atoms with E-state index < -0.39 is 11.7 Å². The molecule has 0 unspecified atom stereocenters. The molecule has 7 nitrogen and oxygen atoms in total. The smallest absolute Gasteiger partial charge is 0.416 e. The van der Waals surface area contributed by atoms with Gasteiger partial charge in [-0.05, 0) is 74.1 Å². The molecule has 0 atom stereocenters. The number of anilines is 2. The molecule has 1 heterocycles. The summed E-state index contributed by atoms with van der Waals surface area (Å²) in [5.41, 5.74) is 2.08. The molecule has 3 rings (SSSR count). The average molecular weight is 489 g/mol. The lowest BCUT2D eigenvalue weighted by molar-refractivity contribution is -0.137. The second kappa shape index (κ2) is 10.9. The number of guanidine groups is 1. The average Bonchev–Trinajstić information content (AvgIpc) is 2.76. The number of rotatable bonds is 5. The van der Waals surface area contributed by atoms with Crippen LogP contribution in [0, 0.1) is 13.8 Å². The van der Waals surface area contributed by atoms with E-state index in [4.69, 9.17) is 17.0 Å². The van der Waals surface area contributed by atoms with Gasteiger partial charge in [0.25, 0.3) is 0 Å². The summed E-state index contributed by atoms with van der Waals surface area (Å²) in [6.07, 6.45) is -4.41. The highest BCUT2D eigenvalue weighted by atomic mass is 32.1. The van der Waals surface area contributed by atoms with Gasteiger partial charge >= 0.3 is 6.18 Å². The Morgan fingerprint density at radius 2 is 1.68 bits per heavy atom. The first-order valence-electron chi connectivity index (χ1n) is 10.1. The Kier molecular flexibility index (Phi) is 8.00. The molecule has 0 bridgehead atoms. The third-order valence-electron chi connectivity index (χ3n) is 4.47. The van der Waals surface area contributed by atoms with Gasteiger partial charge in [0, 0.05) is 17.1 Å². The van der Waals surface area contributed by atoms with Gasteiger partial charge in [-0.2, -0.15) is 13.2 Å². The molecule has 178 valence electrons. The largest absolute Gasteiger partial charge is 0.497 e. The molecule has 0 aliphatic carbocycles. The second-order valence-electron chi connectivity index (χ2n) is 7.27. The topological polar surface area (TPSA) is 83.5 Å². The lowest BCUT2D eigenvalue weighted by atomic mass is 10.2. The molecular formula is C23H23F3N6OS. The monoisotopic (exact) mass is 488 g/mol. The van der Waals surface area contributed by atoms with E-state index in [9.17, 15) is 13.2 Å². The first kappa shape index (κ1) is 24.9. The van der Waals surface area contributed by atoms with Crippen molar-refractivity contribution < 1.29 is 17.9 Å². The normalized spacial score (nSPS) is 11.6. The molecule has 3 N–H and O–H groups in total. The van der Waals surface area contributed by atoms with Gasteiger partial charge in [-0.3, -0.25) is 5.32 Å². The van der Waals surface area contributed by atoms with Crippen molar-refractivity contribution in [2.24, 2.45) is 4.99 Å². The summed E-state index contributed by atoms with van der Waals surface area (Å²) in [5.74, 6) is 1.29. The number of halogens is 3. The summed E-state index contributed by atoms with van der Waals surface area (Å²) in [6, 6.07) is 13.8. The molecule has 0 saturated heterocycles. The SMILES string of the molecule is COc1cccc(CN=C(NC(=S)Nc2ccc(C(F)(F)F)cc2)Nc2nc(C)cc(C)n2)c1. The molecule has 0 aliphatic heterocycles. The molecule has 1 aromatic heterocycles. The molecular weight excluding hydrogens is 465 g/mol. The Labute approximate surface area is 200 Å². The molecule has 0 amide bonds. The van der Waals surface area contributed by atoms with E-state index in [0.29, 0.717) is 23.9 Å². The number of benzene rings is 2. The fraction of sp³-hybridized carbons (Fsp3) is 0.217. The van der Waals surface area contributed by atoms with Crippen LogP contribution in [0.15, 0.2) is 59.6 Å². The molecule has 0 saturated carbocycles. The molecule has 2 aromatic carbocycles. The van der Waals surface area contributed by atoms with Crippen LogP contribution in [0.25, 0.3) is 0 Å². The molecule has 0 radical (unpaired) electrons.